The van der Waals surface area contributed by atoms with Gasteiger partial charge in [-0.1, -0.05) is 58.7 Å². The van der Waals surface area contributed by atoms with E-state index in [0.29, 0.717) is 10.0 Å². The molecule has 0 saturated heterocycles. The highest BCUT2D eigenvalue weighted by atomic mass is 35.5. The van der Waals surface area contributed by atoms with E-state index < -0.39 is 0 Å². The number of hydrogen-bond donors (Lipinski definition) is 0. The summed E-state index contributed by atoms with van der Waals surface area (Å²) in [6, 6.07) is 13.7. The predicted octanol–water partition coefficient (Wildman–Crippen LogP) is 5.16. The lowest BCUT2D eigenvalue weighted by Gasteiger charge is -2.16. The van der Waals surface area contributed by atoms with Crippen LogP contribution in [0, 0.1) is 0 Å². The van der Waals surface area contributed by atoms with Gasteiger partial charge in [-0.25, -0.2) is 0 Å². The number of benzene rings is 2. The summed E-state index contributed by atoms with van der Waals surface area (Å²) in [6.45, 7) is 0.273. The Labute approximate surface area is 138 Å². The highest BCUT2D eigenvalue weighted by molar-refractivity contribution is 7.99. The number of hydrogen-bond acceptors (Lipinski definition) is 3. The molecule has 108 valence electrons. The van der Waals surface area contributed by atoms with Gasteiger partial charge in [0, 0.05) is 32.7 Å². The number of nitrogens with zero attached hydrogens (tertiary/aromatic N) is 1. The second-order valence-corrected chi connectivity index (χ2v) is 6.46. The van der Waals surface area contributed by atoms with Crippen LogP contribution in [0.3, 0.4) is 0 Å². The van der Waals surface area contributed by atoms with Crippen LogP contribution in [0.2, 0.25) is 10.0 Å². The highest BCUT2D eigenvalue weighted by Gasteiger charge is 2.15. The van der Waals surface area contributed by atoms with Crippen LogP contribution < -0.4 is 0 Å². The molecule has 2 aromatic rings. The third kappa shape index (κ3) is 3.37. The first-order valence-electron chi connectivity index (χ1n) is 6.53. The molecule has 0 bridgehead atoms. The molecule has 1 aliphatic rings. The SMILES string of the molecule is Clc1cccc(Cl)c1CO/N=C1\CSCc2ccccc21. The monoisotopic (exact) mass is 337 g/mol. The summed E-state index contributed by atoms with van der Waals surface area (Å²) >= 11 is 14.1. The Morgan fingerprint density at radius 2 is 1.76 bits per heavy atom. The number of thioether (sulfide) groups is 1. The molecule has 2 nitrogen and oxygen atoms in total. The maximum absolute atomic E-state index is 6.12. The van der Waals surface area contributed by atoms with E-state index in [4.69, 9.17) is 28.0 Å². The quantitative estimate of drug-likeness (QED) is 0.721. The van der Waals surface area contributed by atoms with Crippen molar-refractivity contribution in [1.29, 1.82) is 0 Å². The van der Waals surface area contributed by atoms with E-state index >= 15 is 0 Å². The molecule has 5 heteroatoms. The maximum Gasteiger partial charge on any atom is 0.145 e. The van der Waals surface area contributed by atoms with Crippen molar-refractivity contribution in [2.75, 3.05) is 5.75 Å². The van der Waals surface area contributed by atoms with E-state index in [1.165, 1.54) is 11.1 Å². The fourth-order valence-electron chi connectivity index (χ4n) is 2.18. The lowest BCUT2D eigenvalue weighted by Crippen LogP contribution is -2.13. The minimum atomic E-state index is 0.273. The fourth-order valence-corrected chi connectivity index (χ4v) is 3.67. The Balaban J connectivity index is 1.76. The molecule has 0 atom stereocenters. The average molecular weight is 338 g/mol. The zero-order chi connectivity index (χ0) is 14.7. The van der Waals surface area contributed by atoms with E-state index in [1.54, 1.807) is 12.1 Å². The fraction of sp³-hybridized carbons (Fsp3) is 0.188. The van der Waals surface area contributed by atoms with Crippen molar-refractivity contribution < 1.29 is 4.84 Å². The molecule has 21 heavy (non-hydrogen) atoms. The van der Waals surface area contributed by atoms with Crippen molar-refractivity contribution in [2.24, 2.45) is 5.16 Å². The first-order valence-corrected chi connectivity index (χ1v) is 8.44. The van der Waals surface area contributed by atoms with Gasteiger partial charge in [0.1, 0.15) is 6.61 Å². The molecule has 0 amide bonds. The summed E-state index contributed by atoms with van der Waals surface area (Å²) in [6.07, 6.45) is 0. The number of oxime groups is 1. The average Bonchev–Trinajstić information content (AvgIpc) is 2.50. The summed E-state index contributed by atoms with van der Waals surface area (Å²) in [5.74, 6) is 1.87. The van der Waals surface area contributed by atoms with Gasteiger partial charge in [0.15, 0.2) is 0 Å². The molecule has 0 N–H and O–H groups in total. The van der Waals surface area contributed by atoms with Crippen LogP contribution >= 0.6 is 35.0 Å². The second-order valence-electron chi connectivity index (χ2n) is 4.66. The van der Waals surface area contributed by atoms with Crippen LogP contribution in [0.25, 0.3) is 0 Å². The van der Waals surface area contributed by atoms with E-state index in [0.717, 1.165) is 22.8 Å². The maximum atomic E-state index is 6.12. The van der Waals surface area contributed by atoms with Crippen molar-refractivity contribution in [3.05, 3.63) is 69.2 Å². The molecule has 0 radical (unpaired) electrons. The van der Waals surface area contributed by atoms with Crippen LogP contribution in [0.4, 0.5) is 0 Å². The molecule has 1 aliphatic heterocycles. The Bertz CT molecular complexity index is 667. The van der Waals surface area contributed by atoms with Crippen molar-refractivity contribution >= 4 is 40.7 Å². The van der Waals surface area contributed by atoms with Gasteiger partial charge in [-0.2, -0.15) is 11.8 Å². The molecule has 0 spiro atoms. The van der Waals surface area contributed by atoms with E-state index in [-0.39, 0.29) is 6.61 Å². The first kappa shape index (κ1) is 14.8. The minimum absolute atomic E-state index is 0.273. The van der Waals surface area contributed by atoms with Crippen LogP contribution in [0.5, 0.6) is 0 Å². The molecule has 0 fully saturated rings. The van der Waals surface area contributed by atoms with Gasteiger partial charge in [0.2, 0.25) is 0 Å². The summed E-state index contributed by atoms with van der Waals surface area (Å²) in [7, 11) is 0. The van der Waals surface area contributed by atoms with Crippen molar-refractivity contribution in [3.63, 3.8) is 0 Å². The van der Waals surface area contributed by atoms with E-state index in [2.05, 4.69) is 17.3 Å². The second kappa shape index (κ2) is 6.73. The summed E-state index contributed by atoms with van der Waals surface area (Å²) in [5.41, 5.74) is 4.19. The first-order chi connectivity index (χ1) is 10.3. The largest absolute Gasteiger partial charge is 0.391 e. The van der Waals surface area contributed by atoms with Gasteiger partial charge < -0.3 is 4.84 Å². The van der Waals surface area contributed by atoms with Crippen molar-refractivity contribution in [3.8, 4) is 0 Å². The van der Waals surface area contributed by atoms with E-state index in [9.17, 15) is 0 Å². The molecule has 2 aromatic carbocycles. The van der Waals surface area contributed by atoms with Crippen LogP contribution in [0.1, 0.15) is 16.7 Å². The zero-order valence-corrected chi connectivity index (χ0v) is 13.5. The van der Waals surface area contributed by atoms with Crippen molar-refractivity contribution in [1.82, 2.24) is 0 Å². The van der Waals surface area contributed by atoms with Gasteiger partial charge in [0.05, 0.1) is 5.71 Å². The van der Waals surface area contributed by atoms with Gasteiger partial charge in [0.25, 0.3) is 0 Å². The summed E-state index contributed by atoms with van der Waals surface area (Å²) < 4.78 is 0. The normalized spacial score (nSPS) is 15.8. The van der Waals surface area contributed by atoms with Crippen molar-refractivity contribution in [2.45, 2.75) is 12.4 Å². The third-order valence-corrected chi connectivity index (χ3v) is 4.97. The van der Waals surface area contributed by atoms with Gasteiger partial charge in [-0.15, -0.1) is 0 Å². The number of rotatable bonds is 3. The molecule has 0 aromatic heterocycles. The molecule has 3 rings (SSSR count). The number of fused-ring (bicyclic) bond motifs is 1. The van der Waals surface area contributed by atoms with Crippen LogP contribution in [-0.2, 0) is 17.2 Å². The highest BCUT2D eigenvalue weighted by Crippen LogP contribution is 2.27. The third-order valence-electron chi connectivity index (χ3n) is 3.27. The summed E-state index contributed by atoms with van der Waals surface area (Å²) in [4.78, 5) is 5.48. The van der Waals surface area contributed by atoms with Crippen LogP contribution in [-0.4, -0.2) is 11.5 Å². The topological polar surface area (TPSA) is 21.6 Å². The lowest BCUT2D eigenvalue weighted by molar-refractivity contribution is 0.130. The predicted molar refractivity (Wildman–Crippen MR) is 90.4 cm³/mol. The van der Waals surface area contributed by atoms with Crippen LogP contribution in [0.15, 0.2) is 47.6 Å². The molecule has 1 heterocycles. The van der Waals surface area contributed by atoms with Gasteiger partial charge in [-0.05, 0) is 17.7 Å². The van der Waals surface area contributed by atoms with E-state index in [1.807, 2.05) is 30.0 Å². The Hall–Kier alpha value is -1.16. The molecule has 0 aliphatic carbocycles. The van der Waals surface area contributed by atoms with Gasteiger partial charge in [-0.3, -0.25) is 0 Å². The molecular weight excluding hydrogens is 325 g/mol. The lowest BCUT2D eigenvalue weighted by atomic mass is 10.1. The molecule has 0 unspecified atom stereocenters. The standard InChI is InChI=1S/C16H13Cl2NOS/c17-14-6-3-7-15(18)13(14)8-20-19-16-10-21-9-11-4-1-2-5-12(11)16/h1-7H,8-10H2/b19-16+. The Kier molecular flexibility index (Phi) is 4.73. The Morgan fingerprint density at radius 3 is 2.57 bits per heavy atom. The minimum Gasteiger partial charge on any atom is -0.391 e. The van der Waals surface area contributed by atoms with Gasteiger partial charge >= 0.3 is 0 Å². The molecule has 0 saturated carbocycles. The Morgan fingerprint density at radius 1 is 1.00 bits per heavy atom. The zero-order valence-electron chi connectivity index (χ0n) is 11.2. The molecular formula is C16H13Cl2NOS. The summed E-state index contributed by atoms with van der Waals surface area (Å²) in [5, 5.41) is 5.48. The number of halogens is 2. The smallest absolute Gasteiger partial charge is 0.145 e.